The number of benzene rings is 2. The van der Waals surface area contributed by atoms with Crippen molar-refractivity contribution in [3.8, 4) is 17.1 Å². The van der Waals surface area contributed by atoms with Gasteiger partial charge in [0.25, 0.3) is 0 Å². The van der Waals surface area contributed by atoms with E-state index in [1.54, 1.807) is 19.4 Å². The van der Waals surface area contributed by atoms with Gasteiger partial charge in [0.05, 0.1) is 19.3 Å². The van der Waals surface area contributed by atoms with Crippen LogP contribution >= 0.6 is 0 Å². The molecule has 36 heavy (non-hydrogen) atoms. The average molecular weight is 491 g/mol. The number of pyridine rings is 1. The quantitative estimate of drug-likeness (QED) is 0.420. The molecule has 0 saturated carbocycles. The van der Waals surface area contributed by atoms with Crippen LogP contribution in [-0.4, -0.2) is 57.9 Å². The molecule has 4 aromatic rings. The van der Waals surface area contributed by atoms with Crippen molar-refractivity contribution in [2.75, 3.05) is 32.2 Å². The molecule has 0 unspecified atom stereocenters. The fourth-order valence-corrected chi connectivity index (χ4v) is 5.35. The predicted molar refractivity (Wildman–Crippen MR) is 135 cm³/mol. The summed E-state index contributed by atoms with van der Waals surface area (Å²) in [5.74, 6) is -0.443. The van der Waals surface area contributed by atoms with E-state index in [-0.39, 0.29) is 0 Å². The van der Waals surface area contributed by atoms with Gasteiger partial charge in [-0.15, -0.1) is 0 Å². The number of halogens is 2. The van der Waals surface area contributed by atoms with Gasteiger partial charge in [-0.2, -0.15) is 5.10 Å². The van der Waals surface area contributed by atoms with Crippen LogP contribution in [0.25, 0.3) is 22.2 Å². The lowest BCUT2D eigenvalue weighted by molar-refractivity contribution is 0.0901. The fourth-order valence-electron chi connectivity index (χ4n) is 5.35. The second kappa shape index (κ2) is 9.48. The maximum atomic E-state index is 14.2. The first-order chi connectivity index (χ1) is 17.6. The number of nitrogens with zero attached hydrogens (tertiary/aromatic N) is 4. The summed E-state index contributed by atoms with van der Waals surface area (Å²) in [6.07, 6.45) is 3.92. The lowest BCUT2D eigenvalue weighted by Crippen LogP contribution is -2.50. The molecule has 6 rings (SSSR count). The Hall–Kier alpha value is -3.56. The summed E-state index contributed by atoms with van der Waals surface area (Å²) < 4.78 is 32.7. The molecule has 2 N–H and O–H groups in total. The molecule has 2 aromatic heterocycles. The first-order valence-electron chi connectivity index (χ1n) is 12.2. The number of methoxy groups -OCH3 is 1. The molecule has 2 aliphatic rings. The number of aromatic amines is 1. The van der Waals surface area contributed by atoms with Crippen LogP contribution < -0.4 is 10.1 Å². The minimum atomic E-state index is -0.538. The Morgan fingerprint density at radius 3 is 2.86 bits per heavy atom. The van der Waals surface area contributed by atoms with E-state index in [1.165, 1.54) is 11.6 Å². The molecular weight excluding hydrogens is 462 g/mol. The van der Waals surface area contributed by atoms with Gasteiger partial charge in [-0.3, -0.25) is 14.9 Å². The van der Waals surface area contributed by atoms with Crippen LogP contribution in [0.2, 0.25) is 0 Å². The maximum Gasteiger partial charge on any atom is 0.212 e. The van der Waals surface area contributed by atoms with E-state index in [4.69, 9.17) is 4.74 Å². The molecule has 0 spiro atoms. The number of anilines is 1. The second-order valence-corrected chi connectivity index (χ2v) is 9.57. The highest BCUT2D eigenvalue weighted by molar-refractivity contribution is 5.95. The van der Waals surface area contributed by atoms with Crippen molar-refractivity contribution in [3.05, 3.63) is 71.4 Å². The van der Waals surface area contributed by atoms with Gasteiger partial charge in [-0.25, -0.2) is 13.8 Å². The van der Waals surface area contributed by atoms with Gasteiger partial charge < -0.3 is 10.1 Å². The Morgan fingerprint density at radius 1 is 1.14 bits per heavy atom. The van der Waals surface area contributed by atoms with Crippen LogP contribution in [0, 0.1) is 11.6 Å². The molecule has 9 heteroatoms. The van der Waals surface area contributed by atoms with E-state index in [1.807, 2.05) is 12.1 Å². The lowest BCUT2D eigenvalue weighted by atomic mass is 9.99. The van der Waals surface area contributed by atoms with Crippen LogP contribution in [-0.2, 0) is 13.1 Å². The third-order valence-corrected chi connectivity index (χ3v) is 7.26. The van der Waals surface area contributed by atoms with E-state index in [0.29, 0.717) is 24.0 Å². The standard InChI is InChI=1S/C27H28F2N6O/c1-36-26-7-5-17(12-30-26)27-22-9-19-14-35(16-31-24(19)11-25(22)32-33-27)21-3-2-8-34(15-21)13-18-4-6-20(28)10-23(18)29/h4-7,9-12,21,31H,2-3,8,13-16H2,1H3,(H,32,33)/t21-/m1/s1. The molecular formula is C27H28F2N6O. The number of fused-ring (bicyclic) bond motifs is 2. The third kappa shape index (κ3) is 4.40. The van der Waals surface area contributed by atoms with Gasteiger partial charge in [-0.1, -0.05) is 6.07 Å². The molecule has 1 atom stereocenters. The van der Waals surface area contributed by atoms with Gasteiger partial charge >= 0.3 is 0 Å². The van der Waals surface area contributed by atoms with Crippen LogP contribution in [0.4, 0.5) is 14.5 Å². The number of aromatic nitrogens is 3. The van der Waals surface area contributed by atoms with Gasteiger partial charge in [0.15, 0.2) is 0 Å². The second-order valence-electron chi connectivity index (χ2n) is 9.57. The van der Waals surface area contributed by atoms with Crippen molar-refractivity contribution in [2.24, 2.45) is 0 Å². The summed E-state index contributed by atoms with van der Waals surface area (Å²) in [6.45, 7) is 3.85. The summed E-state index contributed by atoms with van der Waals surface area (Å²) in [5.41, 5.74) is 5.65. The normalized spacial score (nSPS) is 18.7. The number of piperidine rings is 1. The zero-order valence-electron chi connectivity index (χ0n) is 20.1. The summed E-state index contributed by atoms with van der Waals surface area (Å²) in [4.78, 5) is 9.05. The zero-order valence-corrected chi connectivity index (χ0v) is 20.1. The van der Waals surface area contributed by atoms with Crippen molar-refractivity contribution in [1.29, 1.82) is 0 Å². The molecule has 2 aliphatic heterocycles. The average Bonchev–Trinajstić information content (AvgIpc) is 3.31. The van der Waals surface area contributed by atoms with Crippen LogP contribution in [0.15, 0.2) is 48.7 Å². The van der Waals surface area contributed by atoms with Crippen molar-refractivity contribution < 1.29 is 13.5 Å². The first kappa shape index (κ1) is 22.9. The maximum absolute atomic E-state index is 14.2. The number of nitrogens with one attached hydrogen (secondary N) is 2. The molecule has 2 aromatic carbocycles. The number of H-pyrrole nitrogens is 1. The number of hydrogen-bond donors (Lipinski definition) is 2. The summed E-state index contributed by atoms with van der Waals surface area (Å²) >= 11 is 0. The molecule has 1 saturated heterocycles. The van der Waals surface area contributed by atoms with E-state index in [0.717, 1.165) is 73.1 Å². The minimum Gasteiger partial charge on any atom is -0.481 e. The molecule has 1 fully saturated rings. The Labute approximate surface area is 208 Å². The number of rotatable bonds is 5. The van der Waals surface area contributed by atoms with Crippen molar-refractivity contribution in [2.45, 2.75) is 32.0 Å². The largest absolute Gasteiger partial charge is 0.481 e. The molecule has 0 amide bonds. The van der Waals surface area contributed by atoms with Crippen molar-refractivity contribution >= 4 is 16.6 Å². The van der Waals surface area contributed by atoms with Gasteiger partial charge in [0.1, 0.15) is 17.3 Å². The van der Waals surface area contributed by atoms with Gasteiger partial charge in [0, 0.05) is 66.2 Å². The van der Waals surface area contributed by atoms with Crippen molar-refractivity contribution in [1.82, 2.24) is 25.0 Å². The lowest BCUT2D eigenvalue weighted by Gasteiger charge is -2.41. The Kier molecular flexibility index (Phi) is 6.02. The number of ether oxygens (including phenoxy) is 1. The van der Waals surface area contributed by atoms with E-state index in [9.17, 15) is 8.78 Å². The van der Waals surface area contributed by atoms with Crippen LogP contribution in [0.1, 0.15) is 24.0 Å². The fraction of sp³-hybridized carbons (Fsp3) is 0.333. The van der Waals surface area contributed by atoms with Gasteiger partial charge in [0.2, 0.25) is 5.88 Å². The Morgan fingerprint density at radius 2 is 2.06 bits per heavy atom. The number of likely N-dealkylation sites (tertiary alicyclic amines) is 1. The summed E-state index contributed by atoms with van der Waals surface area (Å²) in [5, 5.41) is 12.3. The highest BCUT2D eigenvalue weighted by atomic mass is 19.1. The highest BCUT2D eigenvalue weighted by Gasteiger charge is 2.29. The minimum absolute atomic E-state index is 0.355. The topological polar surface area (TPSA) is 69.3 Å². The Balaban J connectivity index is 1.20. The monoisotopic (exact) mass is 490 g/mol. The van der Waals surface area contributed by atoms with E-state index in [2.05, 4.69) is 42.4 Å². The molecule has 0 radical (unpaired) electrons. The van der Waals surface area contributed by atoms with E-state index < -0.39 is 11.6 Å². The molecule has 7 nitrogen and oxygen atoms in total. The van der Waals surface area contributed by atoms with Crippen LogP contribution in [0.3, 0.4) is 0 Å². The first-order valence-corrected chi connectivity index (χ1v) is 12.2. The summed E-state index contributed by atoms with van der Waals surface area (Å²) in [7, 11) is 1.60. The van der Waals surface area contributed by atoms with Crippen molar-refractivity contribution in [3.63, 3.8) is 0 Å². The van der Waals surface area contributed by atoms with E-state index >= 15 is 0 Å². The predicted octanol–water partition coefficient (Wildman–Crippen LogP) is 4.76. The highest BCUT2D eigenvalue weighted by Crippen LogP contribution is 2.34. The van der Waals surface area contributed by atoms with Gasteiger partial charge in [-0.05, 0) is 49.2 Å². The van der Waals surface area contributed by atoms with Crippen LogP contribution in [0.5, 0.6) is 5.88 Å². The number of hydrogen-bond acceptors (Lipinski definition) is 6. The smallest absolute Gasteiger partial charge is 0.212 e. The zero-order chi connectivity index (χ0) is 24.6. The molecule has 186 valence electrons. The SMILES string of the molecule is COc1ccc(-c2n[nH]c3cc4c(cc23)CN([C@@H]2CCCN(Cc3ccc(F)cc3F)C2)CN4)cn1. The molecule has 0 aliphatic carbocycles. The molecule has 4 heterocycles. The molecule has 0 bridgehead atoms. The third-order valence-electron chi connectivity index (χ3n) is 7.26. The Bertz CT molecular complexity index is 1390. The summed E-state index contributed by atoms with van der Waals surface area (Å²) in [6, 6.07) is 12.3.